The summed E-state index contributed by atoms with van der Waals surface area (Å²) >= 11 is 6.55. The fourth-order valence-corrected chi connectivity index (χ4v) is 4.92. The van der Waals surface area contributed by atoms with Crippen molar-refractivity contribution in [2.45, 2.75) is 39.2 Å². The monoisotopic (exact) mass is 402 g/mol. The van der Waals surface area contributed by atoms with E-state index in [4.69, 9.17) is 22.1 Å². The van der Waals surface area contributed by atoms with E-state index in [-0.39, 0.29) is 5.95 Å². The van der Waals surface area contributed by atoms with Gasteiger partial charge in [-0.2, -0.15) is 4.98 Å². The van der Waals surface area contributed by atoms with Gasteiger partial charge in [0.05, 0.1) is 19.3 Å². The van der Waals surface area contributed by atoms with Crippen LogP contribution < -0.4 is 20.7 Å². The first-order valence-electron chi connectivity index (χ1n) is 9.77. The highest BCUT2D eigenvalue weighted by Gasteiger charge is 2.38. The number of ether oxygens (including phenoxy) is 1. The van der Waals surface area contributed by atoms with Crippen molar-refractivity contribution in [3.05, 3.63) is 33.7 Å². The van der Waals surface area contributed by atoms with Crippen molar-refractivity contribution >= 4 is 23.4 Å². The first-order chi connectivity index (χ1) is 13.5. The predicted molar refractivity (Wildman–Crippen MR) is 111 cm³/mol. The molecular weight excluding hydrogens is 376 g/mol. The molecule has 4 heterocycles. The first-order valence-corrected chi connectivity index (χ1v) is 10.1. The van der Waals surface area contributed by atoms with Gasteiger partial charge < -0.3 is 20.7 Å². The summed E-state index contributed by atoms with van der Waals surface area (Å²) in [6, 6.07) is 0. The van der Waals surface area contributed by atoms with Gasteiger partial charge in [-0.1, -0.05) is 11.6 Å². The molecule has 1 atom stereocenters. The fraction of sp³-hybridized carbons (Fsp3) is 0.550. The molecule has 150 valence electrons. The number of anilines is 2. The molecular formula is C20H27ClN6O. The maximum atomic E-state index is 6.55. The quantitative estimate of drug-likeness (QED) is 0.760. The second-order valence-electron chi connectivity index (χ2n) is 7.73. The molecule has 2 aromatic rings. The van der Waals surface area contributed by atoms with E-state index in [1.807, 2.05) is 13.1 Å². The number of halogens is 1. The van der Waals surface area contributed by atoms with Crippen LogP contribution in [0.2, 0.25) is 5.15 Å². The molecule has 1 unspecified atom stereocenters. The lowest BCUT2D eigenvalue weighted by Crippen LogP contribution is -2.33. The highest BCUT2D eigenvalue weighted by molar-refractivity contribution is 6.30. The summed E-state index contributed by atoms with van der Waals surface area (Å²) in [5.41, 5.74) is 10.0. The van der Waals surface area contributed by atoms with E-state index in [1.165, 1.54) is 0 Å². The Balaban J connectivity index is 1.69. The molecule has 0 bridgehead atoms. The highest BCUT2D eigenvalue weighted by Crippen LogP contribution is 2.45. The number of piperidine rings is 1. The number of methoxy groups -OCH3 is 1. The number of pyridine rings is 1. The van der Waals surface area contributed by atoms with E-state index in [0.29, 0.717) is 23.5 Å². The minimum absolute atomic E-state index is 0.214. The van der Waals surface area contributed by atoms with Crippen LogP contribution in [-0.4, -0.2) is 41.7 Å². The third-order valence-electron chi connectivity index (χ3n) is 6.03. The molecule has 4 rings (SSSR count). The van der Waals surface area contributed by atoms with Gasteiger partial charge >= 0.3 is 0 Å². The third kappa shape index (κ3) is 3.37. The zero-order valence-electron chi connectivity index (χ0n) is 16.6. The number of aryl methyl sites for hydroxylation is 1. The van der Waals surface area contributed by atoms with E-state index < -0.39 is 0 Å². The van der Waals surface area contributed by atoms with E-state index in [9.17, 15) is 0 Å². The maximum Gasteiger partial charge on any atom is 0.223 e. The number of nitrogens with two attached hydrogens (primary N) is 1. The van der Waals surface area contributed by atoms with Crippen molar-refractivity contribution < 1.29 is 4.74 Å². The number of nitrogens with one attached hydrogen (secondary N) is 1. The highest BCUT2D eigenvalue weighted by atomic mass is 35.5. The second-order valence-corrected chi connectivity index (χ2v) is 8.09. The molecule has 0 spiro atoms. The van der Waals surface area contributed by atoms with Gasteiger partial charge in [-0.15, -0.1) is 0 Å². The molecule has 1 fully saturated rings. The van der Waals surface area contributed by atoms with Crippen LogP contribution >= 0.6 is 11.6 Å². The Morgan fingerprint density at radius 2 is 2.04 bits per heavy atom. The summed E-state index contributed by atoms with van der Waals surface area (Å²) in [7, 11) is 1.70. The Labute approximate surface area is 170 Å². The van der Waals surface area contributed by atoms with Crippen molar-refractivity contribution in [3.63, 3.8) is 0 Å². The van der Waals surface area contributed by atoms with Crippen molar-refractivity contribution in [1.29, 1.82) is 0 Å². The molecule has 0 aromatic carbocycles. The van der Waals surface area contributed by atoms with Gasteiger partial charge in [0.1, 0.15) is 16.7 Å². The zero-order chi connectivity index (χ0) is 19.8. The average molecular weight is 403 g/mol. The standard InChI is InChI=1S/C20H27ClN6O/c1-11-8-24-15(12(2)17(11)28-3)10-27-9-14(13-4-6-23-7-5-13)16-18(21)25-20(22)26-19(16)27/h8,13-14,23H,4-7,9-10H2,1-3H3,(H2,22,25,26). The summed E-state index contributed by atoms with van der Waals surface area (Å²) in [5, 5.41) is 3.93. The molecule has 2 aromatic heterocycles. The van der Waals surface area contributed by atoms with E-state index in [2.05, 4.69) is 32.1 Å². The van der Waals surface area contributed by atoms with Gasteiger partial charge in [0, 0.05) is 35.3 Å². The van der Waals surface area contributed by atoms with Crippen molar-refractivity contribution in [3.8, 4) is 5.75 Å². The van der Waals surface area contributed by atoms with Crippen LogP contribution in [0.3, 0.4) is 0 Å². The van der Waals surface area contributed by atoms with Crippen LogP contribution in [0.4, 0.5) is 11.8 Å². The molecule has 8 heteroatoms. The van der Waals surface area contributed by atoms with Crippen LogP contribution in [0.5, 0.6) is 5.75 Å². The Morgan fingerprint density at radius 3 is 2.75 bits per heavy atom. The van der Waals surface area contributed by atoms with Gasteiger partial charge in [-0.3, -0.25) is 4.98 Å². The van der Waals surface area contributed by atoms with E-state index >= 15 is 0 Å². The summed E-state index contributed by atoms with van der Waals surface area (Å²) < 4.78 is 5.57. The van der Waals surface area contributed by atoms with Gasteiger partial charge in [0.15, 0.2) is 0 Å². The van der Waals surface area contributed by atoms with Gasteiger partial charge in [-0.05, 0) is 45.7 Å². The van der Waals surface area contributed by atoms with Crippen molar-refractivity contribution in [2.75, 3.05) is 37.4 Å². The molecule has 28 heavy (non-hydrogen) atoms. The van der Waals surface area contributed by atoms with Crippen LogP contribution in [-0.2, 0) is 6.54 Å². The Bertz CT molecular complexity index is 883. The lowest BCUT2D eigenvalue weighted by atomic mass is 9.82. The zero-order valence-corrected chi connectivity index (χ0v) is 17.4. The minimum Gasteiger partial charge on any atom is -0.496 e. The van der Waals surface area contributed by atoms with Gasteiger partial charge in [-0.25, -0.2) is 4.98 Å². The van der Waals surface area contributed by atoms with E-state index in [1.54, 1.807) is 7.11 Å². The van der Waals surface area contributed by atoms with E-state index in [0.717, 1.165) is 66.4 Å². The number of fused-ring (bicyclic) bond motifs is 1. The molecule has 0 saturated carbocycles. The maximum absolute atomic E-state index is 6.55. The van der Waals surface area contributed by atoms with Gasteiger partial charge in [0.25, 0.3) is 0 Å². The lowest BCUT2D eigenvalue weighted by Gasteiger charge is -2.29. The largest absolute Gasteiger partial charge is 0.496 e. The van der Waals surface area contributed by atoms with Crippen molar-refractivity contribution in [2.24, 2.45) is 5.92 Å². The molecule has 2 aliphatic rings. The number of aromatic nitrogens is 3. The van der Waals surface area contributed by atoms with Crippen LogP contribution in [0.15, 0.2) is 6.20 Å². The average Bonchev–Trinajstić information content (AvgIpc) is 3.04. The normalized spacial score (nSPS) is 19.7. The number of nitrogens with zero attached hydrogens (tertiary/aromatic N) is 4. The Hall–Kier alpha value is -2.12. The molecule has 3 N–H and O–H groups in total. The summed E-state index contributed by atoms with van der Waals surface area (Å²) in [6.45, 7) is 7.64. The summed E-state index contributed by atoms with van der Waals surface area (Å²) in [6.07, 6.45) is 4.13. The lowest BCUT2D eigenvalue weighted by molar-refractivity contribution is 0.325. The molecule has 0 aliphatic carbocycles. The molecule has 2 aliphatic heterocycles. The fourth-order valence-electron chi connectivity index (χ4n) is 4.60. The Kier molecular flexibility index (Phi) is 5.29. The predicted octanol–water partition coefficient (Wildman–Crippen LogP) is 2.84. The molecule has 7 nitrogen and oxygen atoms in total. The smallest absolute Gasteiger partial charge is 0.223 e. The SMILES string of the molecule is COc1c(C)cnc(CN2CC(C3CCNCC3)c3c(Cl)nc(N)nc32)c1C. The molecule has 0 amide bonds. The minimum atomic E-state index is 0.214. The number of hydrogen-bond donors (Lipinski definition) is 2. The second kappa shape index (κ2) is 7.72. The number of rotatable bonds is 4. The topological polar surface area (TPSA) is 89.2 Å². The van der Waals surface area contributed by atoms with Crippen LogP contribution in [0, 0.1) is 19.8 Å². The van der Waals surface area contributed by atoms with Crippen molar-refractivity contribution in [1.82, 2.24) is 20.3 Å². The third-order valence-corrected chi connectivity index (χ3v) is 6.32. The first kappa shape index (κ1) is 19.2. The summed E-state index contributed by atoms with van der Waals surface area (Å²) in [5.74, 6) is 2.83. The number of hydrogen-bond acceptors (Lipinski definition) is 7. The van der Waals surface area contributed by atoms with Crippen LogP contribution in [0.1, 0.15) is 41.1 Å². The van der Waals surface area contributed by atoms with Crippen LogP contribution in [0.25, 0.3) is 0 Å². The molecule has 1 saturated heterocycles. The van der Waals surface area contributed by atoms with Gasteiger partial charge in [0.2, 0.25) is 5.95 Å². The molecule has 0 radical (unpaired) electrons. The summed E-state index contributed by atoms with van der Waals surface area (Å²) in [4.78, 5) is 15.7. The number of nitrogen functional groups attached to an aromatic ring is 1. The Morgan fingerprint density at radius 1 is 1.29 bits per heavy atom.